The first kappa shape index (κ1) is 15.1. The van der Waals surface area contributed by atoms with E-state index < -0.39 is 0 Å². The van der Waals surface area contributed by atoms with Gasteiger partial charge in [0.05, 0.1) is 0 Å². The van der Waals surface area contributed by atoms with Crippen molar-refractivity contribution in [2.45, 2.75) is 31.8 Å². The Bertz CT molecular complexity index is 424. The molecule has 3 rings (SSSR count). The van der Waals surface area contributed by atoms with Crippen molar-refractivity contribution in [2.75, 3.05) is 19.6 Å². The first-order chi connectivity index (χ1) is 8.75. The third-order valence-corrected chi connectivity index (χ3v) is 4.93. The Labute approximate surface area is 126 Å². The van der Waals surface area contributed by atoms with Gasteiger partial charge in [0.25, 0.3) is 0 Å². The molecule has 0 aromatic heterocycles. The Morgan fingerprint density at radius 1 is 1.32 bits per heavy atom. The summed E-state index contributed by atoms with van der Waals surface area (Å²) < 4.78 is 0. The second kappa shape index (κ2) is 6.45. The summed E-state index contributed by atoms with van der Waals surface area (Å²) in [5.74, 6) is 0.837. The highest BCUT2D eigenvalue weighted by atomic mass is 35.5. The van der Waals surface area contributed by atoms with Gasteiger partial charge in [0.1, 0.15) is 0 Å². The molecule has 4 heteroatoms. The van der Waals surface area contributed by atoms with E-state index >= 15 is 0 Å². The first-order valence-corrected chi connectivity index (χ1v) is 7.35. The van der Waals surface area contributed by atoms with Crippen molar-refractivity contribution in [3.8, 4) is 0 Å². The molecular weight excluding hydrogens is 279 g/mol. The fourth-order valence-electron chi connectivity index (χ4n) is 3.44. The molecule has 2 heterocycles. The van der Waals surface area contributed by atoms with Crippen LogP contribution in [0.1, 0.15) is 31.4 Å². The standard InChI is InChI=1S/C15H21ClN2.ClH/c1-11(13-4-2-3-5-14(13)16)18-9-7-15-12(10-18)6-8-17-15;/h2-5,11-12,15,17H,6-10H2,1H3;1H. The molecular formula is C15H22Cl2N2. The Kier molecular flexibility index (Phi) is 5.13. The third-order valence-electron chi connectivity index (χ3n) is 4.59. The number of rotatable bonds is 2. The van der Waals surface area contributed by atoms with Gasteiger partial charge in [0, 0.05) is 30.2 Å². The minimum atomic E-state index is 0. The maximum atomic E-state index is 6.31. The van der Waals surface area contributed by atoms with Gasteiger partial charge in [0.2, 0.25) is 0 Å². The molecule has 1 N–H and O–H groups in total. The molecule has 1 aromatic carbocycles. The number of nitrogens with one attached hydrogen (secondary N) is 1. The van der Waals surface area contributed by atoms with Gasteiger partial charge in [0.15, 0.2) is 0 Å². The molecule has 0 bridgehead atoms. The van der Waals surface area contributed by atoms with Crippen molar-refractivity contribution >= 4 is 24.0 Å². The van der Waals surface area contributed by atoms with Crippen LogP contribution in [0.25, 0.3) is 0 Å². The Hall–Kier alpha value is -0.280. The van der Waals surface area contributed by atoms with Gasteiger partial charge in [-0.2, -0.15) is 0 Å². The predicted molar refractivity (Wildman–Crippen MR) is 83.2 cm³/mol. The van der Waals surface area contributed by atoms with E-state index in [0.29, 0.717) is 6.04 Å². The van der Waals surface area contributed by atoms with Gasteiger partial charge in [-0.25, -0.2) is 0 Å². The molecule has 2 aliphatic rings. The Balaban J connectivity index is 0.00000133. The van der Waals surface area contributed by atoms with Gasteiger partial charge in [-0.15, -0.1) is 12.4 Å². The van der Waals surface area contributed by atoms with Crippen molar-refractivity contribution in [3.63, 3.8) is 0 Å². The van der Waals surface area contributed by atoms with E-state index in [0.717, 1.165) is 17.0 Å². The SMILES string of the molecule is CC(c1ccccc1Cl)N1CCC2NCCC2C1.Cl. The molecule has 2 aliphatic heterocycles. The normalized spacial score (nSPS) is 28.5. The van der Waals surface area contributed by atoms with Crippen LogP contribution in [0.15, 0.2) is 24.3 Å². The van der Waals surface area contributed by atoms with Crippen LogP contribution in [-0.4, -0.2) is 30.6 Å². The molecule has 3 atom stereocenters. The molecule has 0 amide bonds. The highest BCUT2D eigenvalue weighted by molar-refractivity contribution is 6.31. The molecule has 0 radical (unpaired) electrons. The number of fused-ring (bicyclic) bond motifs is 1. The van der Waals surface area contributed by atoms with Crippen LogP contribution in [0.4, 0.5) is 0 Å². The molecule has 2 saturated heterocycles. The number of benzene rings is 1. The fourth-order valence-corrected chi connectivity index (χ4v) is 3.73. The highest BCUT2D eigenvalue weighted by Gasteiger charge is 2.34. The quantitative estimate of drug-likeness (QED) is 0.899. The van der Waals surface area contributed by atoms with Crippen LogP contribution in [0.5, 0.6) is 0 Å². The average molecular weight is 301 g/mol. The second-order valence-corrected chi connectivity index (χ2v) is 6.00. The molecule has 0 aliphatic carbocycles. The van der Waals surface area contributed by atoms with Crippen LogP contribution < -0.4 is 5.32 Å². The summed E-state index contributed by atoms with van der Waals surface area (Å²) >= 11 is 6.31. The Morgan fingerprint density at radius 2 is 2.11 bits per heavy atom. The summed E-state index contributed by atoms with van der Waals surface area (Å²) in [4.78, 5) is 2.59. The molecule has 0 saturated carbocycles. The largest absolute Gasteiger partial charge is 0.314 e. The Morgan fingerprint density at radius 3 is 2.89 bits per heavy atom. The van der Waals surface area contributed by atoms with Crippen molar-refractivity contribution < 1.29 is 0 Å². The summed E-state index contributed by atoms with van der Waals surface area (Å²) in [7, 11) is 0. The first-order valence-electron chi connectivity index (χ1n) is 6.97. The fraction of sp³-hybridized carbons (Fsp3) is 0.600. The van der Waals surface area contributed by atoms with Crippen LogP contribution in [-0.2, 0) is 0 Å². The molecule has 106 valence electrons. The van der Waals surface area contributed by atoms with Crippen molar-refractivity contribution in [2.24, 2.45) is 5.92 Å². The predicted octanol–water partition coefficient (Wildman–Crippen LogP) is 3.51. The zero-order valence-corrected chi connectivity index (χ0v) is 12.9. The lowest BCUT2D eigenvalue weighted by atomic mass is 9.91. The van der Waals surface area contributed by atoms with E-state index in [4.69, 9.17) is 11.6 Å². The van der Waals surface area contributed by atoms with Gasteiger partial charge in [-0.1, -0.05) is 29.8 Å². The van der Waals surface area contributed by atoms with E-state index in [2.05, 4.69) is 29.3 Å². The van der Waals surface area contributed by atoms with Gasteiger partial charge >= 0.3 is 0 Å². The zero-order valence-electron chi connectivity index (χ0n) is 11.3. The summed E-state index contributed by atoms with van der Waals surface area (Å²) in [6, 6.07) is 9.44. The molecule has 1 aromatic rings. The van der Waals surface area contributed by atoms with Gasteiger partial charge < -0.3 is 5.32 Å². The van der Waals surface area contributed by atoms with E-state index in [1.807, 2.05) is 12.1 Å². The van der Waals surface area contributed by atoms with Crippen molar-refractivity contribution in [1.29, 1.82) is 0 Å². The highest BCUT2D eigenvalue weighted by Crippen LogP contribution is 2.32. The minimum Gasteiger partial charge on any atom is -0.314 e. The molecule has 2 fully saturated rings. The number of likely N-dealkylation sites (tertiary alicyclic amines) is 1. The van der Waals surface area contributed by atoms with E-state index in [1.54, 1.807) is 0 Å². The van der Waals surface area contributed by atoms with E-state index in [-0.39, 0.29) is 12.4 Å². The van der Waals surface area contributed by atoms with Crippen LogP contribution >= 0.6 is 24.0 Å². The van der Waals surface area contributed by atoms with Crippen LogP contribution in [0, 0.1) is 5.92 Å². The molecule has 3 unspecified atom stereocenters. The topological polar surface area (TPSA) is 15.3 Å². The minimum absolute atomic E-state index is 0. The summed E-state index contributed by atoms with van der Waals surface area (Å²) in [6.07, 6.45) is 2.61. The number of hydrogen-bond acceptors (Lipinski definition) is 2. The van der Waals surface area contributed by atoms with Crippen LogP contribution in [0.3, 0.4) is 0 Å². The van der Waals surface area contributed by atoms with Crippen molar-refractivity contribution in [3.05, 3.63) is 34.9 Å². The number of halogens is 2. The summed E-state index contributed by atoms with van der Waals surface area (Å²) in [5.41, 5.74) is 1.27. The third kappa shape index (κ3) is 3.08. The monoisotopic (exact) mass is 300 g/mol. The number of nitrogens with zero attached hydrogens (tertiary/aromatic N) is 1. The van der Waals surface area contributed by atoms with Crippen molar-refractivity contribution in [1.82, 2.24) is 10.2 Å². The van der Waals surface area contributed by atoms with E-state index in [9.17, 15) is 0 Å². The number of hydrogen-bond donors (Lipinski definition) is 1. The lowest BCUT2D eigenvalue weighted by Gasteiger charge is -2.38. The number of piperidine rings is 1. The van der Waals surface area contributed by atoms with Gasteiger partial charge in [-0.3, -0.25) is 4.90 Å². The lowest BCUT2D eigenvalue weighted by Crippen LogP contribution is -2.45. The maximum Gasteiger partial charge on any atom is 0.0453 e. The van der Waals surface area contributed by atoms with Crippen LogP contribution in [0.2, 0.25) is 5.02 Å². The zero-order chi connectivity index (χ0) is 12.5. The summed E-state index contributed by atoms with van der Waals surface area (Å²) in [6.45, 7) is 5.87. The smallest absolute Gasteiger partial charge is 0.0453 e. The molecule has 19 heavy (non-hydrogen) atoms. The van der Waals surface area contributed by atoms with Gasteiger partial charge in [-0.05, 0) is 43.9 Å². The maximum absolute atomic E-state index is 6.31. The molecule has 0 spiro atoms. The average Bonchev–Trinajstić information content (AvgIpc) is 2.85. The second-order valence-electron chi connectivity index (χ2n) is 5.59. The summed E-state index contributed by atoms with van der Waals surface area (Å²) in [5, 5.41) is 4.52. The molecule has 2 nitrogen and oxygen atoms in total. The van der Waals surface area contributed by atoms with E-state index in [1.165, 1.54) is 38.0 Å². The lowest BCUT2D eigenvalue weighted by molar-refractivity contribution is 0.122.